The topological polar surface area (TPSA) is 200 Å². The summed E-state index contributed by atoms with van der Waals surface area (Å²) in [6.07, 6.45) is -0.0714. The summed E-state index contributed by atoms with van der Waals surface area (Å²) >= 11 is 0. The van der Waals surface area contributed by atoms with Crippen LogP contribution in [-0.4, -0.2) is 91.1 Å². The van der Waals surface area contributed by atoms with E-state index in [1.54, 1.807) is 6.08 Å². The first-order chi connectivity index (χ1) is 17.5. The van der Waals surface area contributed by atoms with E-state index in [0.29, 0.717) is 25.7 Å². The van der Waals surface area contributed by atoms with Crippen molar-refractivity contribution in [2.24, 2.45) is 28.6 Å². The van der Waals surface area contributed by atoms with Gasteiger partial charge in [-0.1, -0.05) is 19.4 Å². The lowest BCUT2D eigenvalue weighted by atomic mass is 9.48. The standard InChI is InChI=1S/C26H36O12/c1-22-8-6-13(37-21-25(32,33)26(34,35)24(30,31)19(38-21)20(29)36-3)10-12(22)11-16(27)18-14-4-5-17(28)23(14,2)9-7-15(18)22/h11,13-15,18-19,21,30-35H,4-10H2,1-3H3/t13-,14?,15?,18?,19-,21-,22+,23+/m1/s1. The van der Waals surface area contributed by atoms with Crippen LogP contribution in [0.1, 0.15) is 58.8 Å². The van der Waals surface area contributed by atoms with Gasteiger partial charge in [0.1, 0.15) is 5.78 Å². The monoisotopic (exact) mass is 540 g/mol. The van der Waals surface area contributed by atoms with E-state index in [1.807, 2.05) is 6.92 Å². The first kappa shape index (κ1) is 27.8. The summed E-state index contributed by atoms with van der Waals surface area (Å²) in [7, 11) is 0.894. The fourth-order valence-corrected chi connectivity index (χ4v) is 7.82. The zero-order valence-corrected chi connectivity index (χ0v) is 21.6. The number of fused-ring (bicyclic) bond motifs is 5. The third-order valence-electron chi connectivity index (χ3n) is 10.3. The van der Waals surface area contributed by atoms with Crippen molar-refractivity contribution in [3.8, 4) is 0 Å². The van der Waals surface area contributed by atoms with Gasteiger partial charge in [-0.05, 0) is 61.9 Å². The molecular formula is C26H36O12. The maximum Gasteiger partial charge on any atom is 0.341 e. The minimum atomic E-state index is -4.06. The van der Waals surface area contributed by atoms with Gasteiger partial charge in [0.2, 0.25) is 12.4 Å². The van der Waals surface area contributed by atoms with Crippen molar-refractivity contribution in [2.45, 2.75) is 94.7 Å². The minimum Gasteiger partial charge on any atom is -0.467 e. The Morgan fingerprint density at radius 2 is 1.58 bits per heavy atom. The molecule has 3 saturated carbocycles. The highest BCUT2D eigenvalue weighted by Gasteiger charge is 2.75. The van der Waals surface area contributed by atoms with E-state index in [9.17, 15) is 45.0 Å². The van der Waals surface area contributed by atoms with Gasteiger partial charge >= 0.3 is 5.97 Å². The second kappa shape index (κ2) is 8.61. The summed E-state index contributed by atoms with van der Waals surface area (Å²) in [4.78, 5) is 38.1. The molecular weight excluding hydrogens is 504 g/mol. The number of esters is 1. The summed E-state index contributed by atoms with van der Waals surface area (Å²) in [6.45, 7) is 4.09. The molecule has 0 radical (unpaired) electrons. The molecule has 5 rings (SSSR count). The first-order valence-corrected chi connectivity index (χ1v) is 13.0. The number of carbonyl (C=O) groups excluding carboxylic acids is 3. The third-order valence-corrected chi connectivity index (χ3v) is 10.3. The molecule has 5 aliphatic rings. The van der Waals surface area contributed by atoms with Gasteiger partial charge in [0.25, 0.3) is 17.4 Å². The van der Waals surface area contributed by atoms with Crippen LogP contribution in [0.3, 0.4) is 0 Å². The van der Waals surface area contributed by atoms with Crippen LogP contribution in [0.5, 0.6) is 0 Å². The van der Waals surface area contributed by atoms with Gasteiger partial charge in [-0.15, -0.1) is 0 Å². The number of hydrogen-bond acceptors (Lipinski definition) is 12. The predicted molar refractivity (Wildman–Crippen MR) is 124 cm³/mol. The zero-order valence-electron chi connectivity index (χ0n) is 21.6. The predicted octanol–water partition coefficient (Wildman–Crippen LogP) is -0.977. The maximum absolute atomic E-state index is 13.4. The second-order valence-electron chi connectivity index (χ2n) is 12.1. The molecule has 8 atom stereocenters. The van der Waals surface area contributed by atoms with Gasteiger partial charge in [-0.3, -0.25) is 9.59 Å². The summed E-state index contributed by atoms with van der Waals surface area (Å²) in [5, 5.41) is 61.7. The quantitative estimate of drug-likeness (QED) is 0.189. The Labute approximate surface area is 219 Å². The van der Waals surface area contributed by atoms with Crippen LogP contribution in [0.25, 0.3) is 0 Å². The van der Waals surface area contributed by atoms with Crippen LogP contribution in [0.2, 0.25) is 0 Å². The molecule has 12 nitrogen and oxygen atoms in total. The Kier molecular flexibility index (Phi) is 6.30. The van der Waals surface area contributed by atoms with Crippen molar-refractivity contribution in [1.29, 1.82) is 0 Å². The average molecular weight is 541 g/mol. The van der Waals surface area contributed by atoms with Crippen LogP contribution in [0, 0.1) is 28.6 Å². The van der Waals surface area contributed by atoms with Crippen molar-refractivity contribution in [3.63, 3.8) is 0 Å². The Balaban J connectivity index is 1.39. The molecule has 0 amide bonds. The lowest BCUT2D eigenvalue weighted by Crippen LogP contribution is -2.81. The Morgan fingerprint density at radius 3 is 2.24 bits per heavy atom. The Hall–Kier alpha value is -1.77. The van der Waals surface area contributed by atoms with Crippen LogP contribution in [0.4, 0.5) is 0 Å². The summed E-state index contributed by atoms with van der Waals surface area (Å²) < 4.78 is 15.2. The minimum absolute atomic E-state index is 0.0135. The summed E-state index contributed by atoms with van der Waals surface area (Å²) in [5.41, 5.74) is 0.00769. The van der Waals surface area contributed by atoms with Gasteiger partial charge in [0, 0.05) is 17.8 Å². The van der Waals surface area contributed by atoms with E-state index in [-0.39, 0.29) is 41.2 Å². The molecule has 6 N–H and O–H groups in total. The molecule has 3 unspecified atom stereocenters. The van der Waals surface area contributed by atoms with Crippen LogP contribution in [0.15, 0.2) is 11.6 Å². The van der Waals surface area contributed by atoms with Crippen molar-refractivity contribution < 1.29 is 59.2 Å². The molecule has 0 spiro atoms. The molecule has 0 aromatic heterocycles. The van der Waals surface area contributed by atoms with E-state index in [0.717, 1.165) is 25.5 Å². The molecule has 4 aliphatic carbocycles. The SMILES string of the molecule is COC(=O)[C@H]1O[C@@H](O[C@@H]2CC[C@@]3(C)C(=CC(=O)C4C3CC[C@]3(C)C(=O)CCC43)C2)C(O)(O)C(O)(O)C1(O)O. The molecule has 12 heteroatoms. The van der Waals surface area contributed by atoms with Crippen molar-refractivity contribution >= 4 is 17.5 Å². The maximum atomic E-state index is 13.4. The van der Waals surface area contributed by atoms with Crippen LogP contribution in [-0.2, 0) is 28.6 Å². The molecule has 4 fully saturated rings. The number of methoxy groups -OCH3 is 1. The Morgan fingerprint density at radius 1 is 0.947 bits per heavy atom. The number of ether oxygens (including phenoxy) is 3. The molecule has 1 heterocycles. The molecule has 0 aromatic carbocycles. The largest absolute Gasteiger partial charge is 0.467 e. The number of Topliss-reactive ketones (excluding diaryl/α,β-unsaturated/α-hetero) is 1. The summed E-state index contributed by atoms with van der Waals surface area (Å²) in [5.74, 6) is -13.0. The number of allylic oxidation sites excluding steroid dienone is 1. The van der Waals surface area contributed by atoms with Crippen molar-refractivity contribution in [3.05, 3.63) is 11.6 Å². The number of hydrogen-bond donors (Lipinski definition) is 6. The van der Waals surface area contributed by atoms with E-state index in [4.69, 9.17) is 9.47 Å². The fraction of sp³-hybridized carbons (Fsp3) is 0.808. The molecule has 212 valence electrons. The van der Waals surface area contributed by atoms with Gasteiger partial charge in [0.05, 0.1) is 13.2 Å². The lowest BCUT2D eigenvalue weighted by Gasteiger charge is -2.56. The number of aliphatic hydroxyl groups is 6. The molecule has 1 aliphatic heterocycles. The highest BCUT2D eigenvalue weighted by atomic mass is 16.8. The molecule has 0 aromatic rings. The summed E-state index contributed by atoms with van der Waals surface area (Å²) in [6, 6.07) is 0. The first-order valence-electron chi connectivity index (χ1n) is 13.0. The third kappa shape index (κ3) is 3.55. The number of carbonyl (C=O) groups is 3. The van der Waals surface area contributed by atoms with E-state index < -0.39 is 47.2 Å². The second-order valence-corrected chi connectivity index (χ2v) is 12.1. The fourth-order valence-electron chi connectivity index (χ4n) is 7.82. The average Bonchev–Trinajstić information content (AvgIpc) is 3.15. The van der Waals surface area contributed by atoms with E-state index >= 15 is 0 Å². The van der Waals surface area contributed by atoms with Gasteiger partial charge < -0.3 is 44.8 Å². The van der Waals surface area contributed by atoms with E-state index in [2.05, 4.69) is 11.7 Å². The molecule has 38 heavy (non-hydrogen) atoms. The van der Waals surface area contributed by atoms with Crippen molar-refractivity contribution in [1.82, 2.24) is 0 Å². The normalized spacial score (nSPS) is 44.9. The van der Waals surface area contributed by atoms with Crippen molar-refractivity contribution in [2.75, 3.05) is 7.11 Å². The highest BCUT2D eigenvalue weighted by Crippen LogP contribution is 2.63. The van der Waals surface area contributed by atoms with Gasteiger partial charge in [-0.25, -0.2) is 4.79 Å². The Bertz CT molecular complexity index is 1080. The van der Waals surface area contributed by atoms with Gasteiger partial charge in [0.15, 0.2) is 5.78 Å². The van der Waals surface area contributed by atoms with E-state index in [1.165, 1.54) is 0 Å². The molecule has 0 bridgehead atoms. The number of rotatable bonds is 3. The molecule has 1 saturated heterocycles. The van der Waals surface area contributed by atoms with Crippen LogP contribution >= 0.6 is 0 Å². The smallest absolute Gasteiger partial charge is 0.341 e. The van der Waals surface area contributed by atoms with Gasteiger partial charge in [-0.2, -0.15) is 0 Å². The lowest BCUT2D eigenvalue weighted by molar-refractivity contribution is -0.535. The number of ketones is 2. The highest BCUT2D eigenvalue weighted by molar-refractivity contribution is 5.96. The van der Waals surface area contributed by atoms with Crippen LogP contribution < -0.4 is 0 Å². The zero-order chi connectivity index (χ0) is 28.1.